The van der Waals surface area contributed by atoms with E-state index in [1.54, 1.807) is 24.5 Å². The number of carbonyl (C=O) groups excluding carboxylic acids is 1. The summed E-state index contributed by atoms with van der Waals surface area (Å²) in [5.74, 6) is -0.177. The van der Waals surface area contributed by atoms with Gasteiger partial charge in [-0.3, -0.25) is 9.78 Å². The summed E-state index contributed by atoms with van der Waals surface area (Å²) in [6, 6.07) is 3.79. The summed E-state index contributed by atoms with van der Waals surface area (Å²) in [6.07, 6.45) is 5.83. The van der Waals surface area contributed by atoms with E-state index in [2.05, 4.69) is 15.6 Å². The quantitative estimate of drug-likeness (QED) is 0.716. The number of aromatic nitrogens is 1. The van der Waals surface area contributed by atoms with E-state index in [1.165, 1.54) is 19.3 Å². The smallest absolute Gasteiger partial charge is 0.251 e. The van der Waals surface area contributed by atoms with Crippen molar-refractivity contribution in [1.82, 2.24) is 15.6 Å². The number of rotatable bonds is 5. The molecule has 2 fully saturated rings. The Morgan fingerprint density at radius 3 is 2.81 bits per heavy atom. The molecule has 0 radical (unpaired) electrons. The molecule has 0 aromatic carbocycles. The maximum atomic E-state index is 11.9. The SMILES string of the molecule is O=C(NC[C@H]1OC[C@@H](NC2CCC2)[C@@H]1O)c1ccncc1. The van der Waals surface area contributed by atoms with E-state index in [4.69, 9.17) is 4.74 Å². The Balaban J connectivity index is 1.46. The Morgan fingerprint density at radius 2 is 2.14 bits per heavy atom. The minimum absolute atomic E-state index is 0.0295. The van der Waals surface area contributed by atoms with Gasteiger partial charge in [0, 0.05) is 30.5 Å². The van der Waals surface area contributed by atoms with Crippen LogP contribution in [0.2, 0.25) is 0 Å². The third-order valence-electron chi connectivity index (χ3n) is 4.24. The fraction of sp³-hybridized carbons (Fsp3) is 0.600. The van der Waals surface area contributed by atoms with E-state index in [0.29, 0.717) is 24.8 Å². The number of aliphatic hydroxyl groups excluding tert-OH is 1. The summed E-state index contributed by atoms with van der Waals surface area (Å²) in [5, 5.41) is 16.5. The van der Waals surface area contributed by atoms with Crippen LogP contribution in [0.3, 0.4) is 0 Å². The fourth-order valence-corrected chi connectivity index (χ4v) is 2.69. The number of nitrogens with one attached hydrogen (secondary N) is 2. The van der Waals surface area contributed by atoms with Crippen LogP contribution >= 0.6 is 0 Å². The van der Waals surface area contributed by atoms with Crippen LogP contribution in [0.15, 0.2) is 24.5 Å². The summed E-state index contributed by atoms with van der Waals surface area (Å²) < 4.78 is 5.59. The second-order valence-electron chi connectivity index (χ2n) is 5.71. The van der Waals surface area contributed by atoms with Gasteiger partial charge >= 0.3 is 0 Å². The molecule has 0 unspecified atom stereocenters. The van der Waals surface area contributed by atoms with Gasteiger partial charge in [0.1, 0.15) is 6.10 Å². The van der Waals surface area contributed by atoms with E-state index in [9.17, 15) is 9.90 Å². The van der Waals surface area contributed by atoms with Gasteiger partial charge in [-0.2, -0.15) is 0 Å². The first-order chi connectivity index (χ1) is 10.2. The molecule has 6 heteroatoms. The molecule has 2 heterocycles. The van der Waals surface area contributed by atoms with Crippen molar-refractivity contribution in [3.8, 4) is 0 Å². The fourth-order valence-electron chi connectivity index (χ4n) is 2.69. The zero-order valence-electron chi connectivity index (χ0n) is 11.9. The lowest BCUT2D eigenvalue weighted by molar-refractivity contribution is 0.0392. The van der Waals surface area contributed by atoms with Gasteiger partial charge in [0.05, 0.1) is 18.8 Å². The summed E-state index contributed by atoms with van der Waals surface area (Å²) >= 11 is 0. The highest BCUT2D eigenvalue weighted by atomic mass is 16.5. The number of amides is 1. The van der Waals surface area contributed by atoms with E-state index in [-0.39, 0.29) is 18.1 Å². The summed E-state index contributed by atoms with van der Waals surface area (Å²) in [7, 11) is 0. The molecule has 1 aromatic rings. The Bertz CT molecular complexity index is 478. The van der Waals surface area contributed by atoms with Crippen molar-refractivity contribution in [2.75, 3.05) is 13.2 Å². The van der Waals surface area contributed by atoms with Crippen molar-refractivity contribution in [2.24, 2.45) is 0 Å². The molecule has 1 aliphatic heterocycles. The summed E-state index contributed by atoms with van der Waals surface area (Å²) in [6.45, 7) is 0.804. The Labute approximate surface area is 123 Å². The molecule has 1 saturated carbocycles. The molecule has 6 nitrogen and oxygen atoms in total. The van der Waals surface area contributed by atoms with Gasteiger partial charge in [0.25, 0.3) is 5.91 Å². The highest BCUT2D eigenvalue weighted by molar-refractivity contribution is 5.93. The van der Waals surface area contributed by atoms with Gasteiger partial charge in [0.15, 0.2) is 0 Å². The van der Waals surface area contributed by atoms with E-state index in [0.717, 1.165) is 0 Å². The minimum Gasteiger partial charge on any atom is -0.389 e. The van der Waals surface area contributed by atoms with Gasteiger partial charge in [0.2, 0.25) is 0 Å². The van der Waals surface area contributed by atoms with Crippen LogP contribution in [0, 0.1) is 0 Å². The highest BCUT2D eigenvalue weighted by Gasteiger charge is 2.37. The predicted octanol–water partition coefficient (Wildman–Crippen LogP) is 0.0818. The topological polar surface area (TPSA) is 83.5 Å². The molecular formula is C15H21N3O3. The molecular weight excluding hydrogens is 270 g/mol. The third-order valence-corrected chi connectivity index (χ3v) is 4.24. The molecule has 1 aromatic heterocycles. The normalized spacial score (nSPS) is 29.1. The van der Waals surface area contributed by atoms with Crippen molar-refractivity contribution < 1.29 is 14.6 Å². The standard InChI is InChI=1S/C15H21N3O3/c19-14-12(18-11-2-1-3-11)9-21-13(14)8-17-15(20)10-4-6-16-7-5-10/h4-7,11-14,18-19H,1-3,8-9H2,(H,17,20)/t12-,13-,14+/m1/s1. The minimum atomic E-state index is -0.580. The molecule has 2 aliphatic rings. The summed E-state index contributed by atoms with van der Waals surface area (Å²) in [5.41, 5.74) is 0.557. The average Bonchev–Trinajstić information content (AvgIpc) is 2.82. The lowest BCUT2D eigenvalue weighted by Crippen LogP contribution is -2.50. The first-order valence-corrected chi connectivity index (χ1v) is 7.48. The van der Waals surface area contributed by atoms with Crippen molar-refractivity contribution in [1.29, 1.82) is 0 Å². The van der Waals surface area contributed by atoms with Crippen LogP contribution in [0.4, 0.5) is 0 Å². The lowest BCUT2D eigenvalue weighted by Gasteiger charge is -2.30. The van der Waals surface area contributed by atoms with Crippen LogP contribution in [0.25, 0.3) is 0 Å². The van der Waals surface area contributed by atoms with Gasteiger partial charge in [-0.15, -0.1) is 0 Å². The van der Waals surface area contributed by atoms with Crippen molar-refractivity contribution >= 4 is 5.91 Å². The van der Waals surface area contributed by atoms with Gasteiger partial charge < -0.3 is 20.5 Å². The van der Waals surface area contributed by atoms with Crippen LogP contribution in [0.1, 0.15) is 29.6 Å². The molecule has 3 rings (SSSR count). The number of aliphatic hydroxyl groups is 1. The van der Waals surface area contributed by atoms with Crippen molar-refractivity contribution in [2.45, 2.75) is 43.6 Å². The Hall–Kier alpha value is -1.50. The number of hydrogen-bond acceptors (Lipinski definition) is 5. The Morgan fingerprint density at radius 1 is 1.38 bits per heavy atom. The zero-order valence-corrected chi connectivity index (χ0v) is 11.9. The van der Waals surface area contributed by atoms with E-state index < -0.39 is 6.10 Å². The van der Waals surface area contributed by atoms with Crippen LogP contribution < -0.4 is 10.6 Å². The number of carbonyl (C=O) groups is 1. The van der Waals surface area contributed by atoms with E-state index in [1.807, 2.05) is 0 Å². The number of pyridine rings is 1. The number of nitrogens with zero attached hydrogens (tertiary/aromatic N) is 1. The molecule has 3 N–H and O–H groups in total. The molecule has 1 amide bonds. The van der Waals surface area contributed by atoms with Crippen molar-refractivity contribution in [3.05, 3.63) is 30.1 Å². The van der Waals surface area contributed by atoms with Crippen LogP contribution in [-0.4, -0.2) is 53.4 Å². The molecule has 21 heavy (non-hydrogen) atoms. The lowest BCUT2D eigenvalue weighted by atomic mass is 9.92. The summed E-state index contributed by atoms with van der Waals surface area (Å²) in [4.78, 5) is 15.8. The molecule has 114 valence electrons. The molecule has 3 atom stereocenters. The molecule has 1 saturated heterocycles. The second-order valence-corrected chi connectivity index (χ2v) is 5.71. The average molecular weight is 291 g/mol. The van der Waals surface area contributed by atoms with E-state index >= 15 is 0 Å². The van der Waals surface area contributed by atoms with Crippen LogP contribution in [0.5, 0.6) is 0 Å². The second kappa shape index (κ2) is 6.51. The first kappa shape index (κ1) is 14.4. The largest absolute Gasteiger partial charge is 0.389 e. The van der Waals surface area contributed by atoms with Gasteiger partial charge in [-0.05, 0) is 25.0 Å². The Kier molecular flexibility index (Phi) is 4.48. The maximum absolute atomic E-state index is 11.9. The number of ether oxygens (including phenoxy) is 1. The highest BCUT2D eigenvalue weighted by Crippen LogP contribution is 2.22. The third kappa shape index (κ3) is 3.40. The molecule has 1 aliphatic carbocycles. The van der Waals surface area contributed by atoms with Crippen molar-refractivity contribution in [3.63, 3.8) is 0 Å². The zero-order chi connectivity index (χ0) is 14.7. The van der Waals surface area contributed by atoms with Gasteiger partial charge in [-0.1, -0.05) is 6.42 Å². The molecule has 0 spiro atoms. The maximum Gasteiger partial charge on any atom is 0.251 e. The van der Waals surface area contributed by atoms with Crippen LogP contribution in [-0.2, 0) is 4.74 Å². The predicted molar refractivity (Wildman–Crippen MR) is 76.9 cm³/mol. The van der Waals surface area contributed by atoms with Gasteiger partial charge in [-0.25, -0.2) is 0 Å². The molecule has 0 bridgehead atoms. The first-order valence-electron chi connectivity index (χ1n) is 7.48. The monoisotopic (exact) mass is 291 g/mol. The number of hydrogen-bond donors (Lipinski definition) is 3.